The van der Waals surface area contributed by atoms with Gasteiger partial charge in [-0.25, -0.2) is 9.78 Å². The molecule has 2 amide bonds. The number of pyridine rings is 1. The molecule has 226 valence electrons. The van der Waals surface area contributed by atoms with Crippen molar-refractivity contribution in [1.29, 1.82) is 0 Å². The monoisotopic (exact) mass is 620 g/mol. The molecule has 4 aromatic rings. The Morgan fingerprint density at radius 3 is 2.38 bits per heavy atom. The molecule has 0 N–H and O–H groups in total. The summed E-state index contributed by atoms with van der Waals surface area (Å²) in [7, 11) is 1.54. The molecule has 1 saturated heterocycles. The standard InChI is InChI=1S/C36H29ClN2O6/c1-18-14-22-15-26(18)32-31(22)34(41)39(35(32)42)24-9-4-20(5-10-24)30-17-28(27-16-23(37)8-13-29(27)38-30)36(43)45-19(2)33(40)21-6-11-25(44-3)12-7-21/h4-14,16-17,19,22,26,31-32H,15H2,1-3H3. The molecule has 7 rings (SSSR count). The fourth-order valence-corrected chi connectivity index (χ4v) is 7.26. The van der Waals surface area contributed by atoms with Gasteiger partial charge in [-0.05, 0) is 92.8 Å². The molecule has 5 unspecified atom stereocenters. The summed E-state index contributed by atoms with van der Waals surface area (Å²) in [5.41, 5.74) is 3.97. The van der Waals surface area contributed by atoms with Gasteiger partial charge in [0.1, 0.15) is 5.75 Å². The van der Waals surface area contributed by atoms with Crippen LogP contribution in [-0.2, 0) is 14.3 Å². The number of Topliss-reactive ketones (excluding diaryl/α,β-unsaturated/α-hetero) is 1. The van der Waals surface area contributed by atoms with Crippen molar-refractivity contribution in [3.05, 3.63) is 101 Å². The number of carbonyl (C=O) groups is 4. The highest BCUT2D eigenvalue weighted by Gasteiger charge is 2.60. The van der Waals surface area contributed by atoms with Gasteiger partial charge in [-0.2, -0.15) is 0 Å². The second kappa shape index (κ2) is 11.0. The second-order valence-electron chi connectivity index (χ2n) is 11.9. The number of fused-ring (bicyclic) bond motifs is 6. The number of anilines is 1. The van der Waals surface area contributed by atoms with Gasteiger partial charge in [-0.3, -0.25) is 19.3 Å². The van der Waals surface area contributed by atoms with Gasteiger partial charge in [0.05, 0.1) is 41.4 Å². The van der Waals surface area contributed by atoms with E-state index in [1.165, 1.54) is 24.5 Å². The van der Waals surface area contributed by atoms with E-state index < -0.39 is 12.1 Å². The molecular weight excluding hydrogens is 592 g/mol. The number of hydrogen-bond acceptors (Lipinski definition) is 7. The first-order valence-corrected chi connectivity index (χ1v) is 15.2. The summed E-state index contributed by atoms with van der Waals surface area (Å²) in [6.45, 7) is 3.57. The molecule has 1 aromatic heterocycles. The molecule has 2 fully saturated rings. The maximum absolute atomic E-state index is 13.5. The van der Waals surface area contributed by atoms with Crippen molar-refractivity contribution in [3.8, 4) is 17.0 Å². The van der Waals surface area contributed by atoms with E-state index in [0.29, 0.717) is 44.2 Å². The molecular formula is C36H29ClN2O6. The van der Waals surface area contributed by atoms with Gasteiger partial charge >= 0.3 is 5.97 Å². The predicted octanol–water partition coefficient (Wildman–Crippen LogP) is 6.69. The lowest BCUT2D eigenvalue weighted by Crippen LogP contribution is -2.32. The molecule has 45 heavy (non-hydrogen) atoms. The van der Waals surface area contributed by atoms with E-state index in [0.717, 1.165) is 6.42 Å². The molecule has 3 aromatic carbocycles. The van der Waals surface area contributed by atoms with E-state index in [-0.39, 0.29) is 46.8 Å². The number of benzene rings is 3. The first kappa shape index (κ1) is 28.9. The molecule has 2 aliphatic carbocycles. The van der Waals surface area contributed by atoms with E-state index >= 15 is 0 Å². The Hall–Kier alpha value is -4.82. The van der Waals surface area contributed by atoms with Crippen molar-refractivity contribution in [3.63, 3.8) is 0 Å². The Morgan fingerprint density at radius 2 is 1.67 bits per heavy atom. The molecule has 1 saturated carbocycles. The molecule has 9 heteroatoms. The van der Waals surface area contributed by atoms with Crippen molar-refractivity contribution in [2.24, 2.45) is 23.7 Å². The van der Waals surface area contributed by atoms with Crippen LogP contribution in [0.2, 0.25) is 5.02 Å². The van der Waals surface area contributed by atoms with Crippen LogP contribution in [0.25, 0.3) is 22.2 Å². The number of methoxy groups -OCH3 is 1. The first-order valence-electron chi connectivity index (χ1n) is 14.8. The highest BCUT2D eigenvalue weighted by atomic mass is 35.5. The van der Waals surface area contributed by atoms with Gasteiger partial charge in [0.2, 0.25) is 17.6 Å². The molecule has 5 atom stereocenters. The van der Waals surface area contributed by atoms with Gasteiger partial charge in [0.15, 0.2) is 6.10 Å². The number of halogens is 1. The van der Waals surface area contributed by atoms with Crippen LogP contribution in [0.1, 0.15) is 41.0 Å². The third-order valence-electron chi connectivity index (χ3n) is 9.32. The van der Waals surface area contributed by atoms with Crippen LogP contribution < -0.4 is 9.64 Å². The molecule has 0 radical (unpaired) electrons. The number of rotatable bonds is 7. The van der Waals surface area contributed by atoms with Crippen LogP contribution in [0.3, 0.4) is 0 Å². The van der Waals surface area contributed by atoms with E-state index in [2.05, 4.69) is 6.08 Å². The largest absolute Gasteiger partial charge is 0.497 e. The number of ketones is 1. The van der Waals surface area contributed by atoms with E-state index in [4.69, 9.17) is 26.1 Å². The Bertz CT molecular complexity index is 1930. The van der Waals surface area contributed by atoms with Crippen molar-refractivity contribution < 1.29 is 28.7 Å². The summed E-state index contributed by atoms with van der Waals surface area (Å²) in [5, 5.41) is 0.900. The molecule has 8 nitrogen and oxygen atoms in total. The van der Waals surface area contributed by atoms with Crippen molar-refractivity contribution in [1.82, 2.24) is 4.98 Å². The number of amides is 2. The van der Waals surface area contributed by atoms with Crippen molar-refractivity contribution >= 4 is 51.8 Å². The second-order valence-corrected chi connectivity index (χ2v) is 12.3. The quantitative estimate of drug-likeness (QED) is 0.0981. The predicted molar refractivity (Wildman–Crippen MR) is 169 cm³/mol. The lowest BCUT2D eigenvalue weighted by atomic mass is 9.82. The molecule has 3 aliphatic rings. The maximum atomic E-state index is 13.5. The normalized spacial score (nSPS) is 22.4. The number of aromatic nitrogens is 1. The summed E-state index contributed by atoms with van der Waals surface area (Å²) in [6.07, 6.45) is 1.98. The van der Waals surface area contributed by atoms with Crippen molar-refractivity contribution in [2.45, 2.75) is 26.4 Å². The fourth-order valence-electron chi connectivity index (χ4n) is 7.09. The zero-order valence-electron chi connectivity index (χ0n) is 24.8. The topological polar surface area (TPSA) is 103 Å². The summed E-state index contributed by atoms with van der Waals surface area (Å²) >= 11 is 6.27. The smallest absolute Gasteiger partial charge is 0.339 e. The zero-order valence-corrected chi connectivity index (χ0v) is 25.6. The third-order valence-corrected chi connectivity index (χ3v) is 9.56. The van der Waals surface area contributed by atoms with Gasteiger partial charge in [-0.1, -0.05) is 35.4 Å². The Kier molecular flexibility index (Phi) is 7.05. The molecule has 0 spiro atoms. The number of allylic oxidation sites excluding steroid dienone is 2. The summed E-state index contributed by atoms with van der Waals surface area (Å²) < 4.78 is 10.8. The van der Waals surface area contributed by atoms with Crippen LogP contribution in [0, 0.1) is 23.7 Å². The molecule has 1 aliphatic heterocycles. The fraction of sp³-hybridized carbons (Fsp3) is 0.250. The van der Waals surface area contributed by atoms with Gasteiger partial charge in [0, 0.05) is 21.5 Å². The number of hydrogen-bond donors (Lipinski definition) is 0. The van der Waals surface area contributed by atoms with Crippen LogP contribution >= 0.6 is 11.6 Å². The van der Waals surface area contributed by atoms with Gasteiger partial charge < -0.3 is 9.47 Å². The molecule has 2 bridgehead atoms. The van der Waals surface area contributed by atoms with E-state index in [9.17, 15) is 19.2 Å². The summed E-state index contributed by atoms with van der Waals surface area (Å²) in [4.78, 5) is 59.4. The maximum Gasteiger partial charge on any atom is 0.339 e. The Balaban J connectivity index is 1.16. The van der Waals surface area contributed by atoms with Gasteiger partial charge in [-0.15, -0.1) is 0 Å². The minimum atomic E-state index is -1.06. The van der Waals surface area contributed by atoms with Crippen molar-refractivity contribution in [2.75, 3.05) is 12.0 Å². The van der Waals surface area contributed by atoms with Crippen LogP contribution in [0.5, 0.6) is 5.75 Å². The van der Waals surface area contributed by atoms with Crippen LogP contribution in [0.4, 0.5) is 5.69 Å². The van der Waals surface area contributed by atoms with Gasteiger partial charge in [0.25, 0.3) is 0 Å². The first-order chi connectivity index (χ1) is 21.6. The van der Waals surface area contributed by atoms with Crippen LogP contribution in [-0.4, -0.2) is 41.8 Å². The minimum Gasteiger partial charge on any atom is -0.497 e. The number of nitrogens with zero attached hydrogens (tertiary/aromatic N) is 2. The SMILES string of the molecule is COc1ccc(C(=O)C(C)OC(=O)c2cc(-c3ccc(N4C(=O)C5C6C=C(C)C(C6)C5C4=O)cc3)nc3ccc(Cl)cc23)cc1. The average molecular weight is 621 g/mol. The summed E-state index contributed by atoms with van der Waals surface area (Å²) in [5.74, 6) is -1.02. The zero-order chi connectivity index (χ0) is 31.6. The Morgan fingerprint density at radius 1 is 0.956 bits per heavy atom. The highest BCUT2D eigenvalue weighted by molar-refractivity contribution is 6.31. The number of carbonyl (C=O) groups excluding carboxylic acids is 4. The highest BCUT2D eigenvalue weighted by Crippen LogP contribution is 2.56. The third kappa shape index (κ3) is 4.80. The van der Waals surface area contributed by atoms with E-state index in [1.54, 1.807) is 72.8 Å². The molecule has 2 heterocycles. The lowest BCUT2D eigenvalue weighted by Gasteiger charge is -2.19. The minimum absolute atomic E-state index is 0.128. The van der Waals surface area contributed by atoms with E-state index in [1.807, 2.05) is 6.92 Å². The number of esters is 1. The lowest BCUT2D eigenvalue weighted by molar-refractivity contribution is -0.123. The number of ether oxygens (including phenoxy) is 2. The number of imide groups is 1. The van der Waals surface area contributed by atoms with Crippen LogP contribution in [0.15, 0.2) is 84.4 Å². The summed E-state index contributed by atoms with van der Waals surface area (Å²) in [6, 6.07) is 20.2. The Labute approximate surface area is 264 Å². The average Bonchev–Trinajstić information content (AvgIpc) is 3.69.